The Bertz CT molecular complexity index is 763. The number of hydrogen-bond donors (Lipinski definition) is 1. The molecule has 2 rings (SSSR count). The Kier molecular flexibility index (Phi) is 8.34. The third kappa shape index (κ3) is 5.56. The van der Waals surface area contributed by atoms with Gasteiger partial charge in [0.1, 0.15) is 11.9 Å². The standard InChI is InChI=1S/C21H32F2N3O4/c1-6-8-15(9-7-2)12-24-16-10-11-26(20(28)25-16)19-21(22,23)17(14(5)29-19)30-18(27)13(3)4/h10-11,13-15,17,19H,5-9,12H2,1-4H3,(H,24,25,28)/t14-,17-,19-/m1/s1. The summed E-state index contributed by atoms with van der Waals surface area (Å²) >= 11 is 0. The van der Waals surface area contributed by atoms with Crippen LogP contribution < -0.4 is 11.0 Å². The molecule has 3 atom stereocenters. The van der Waals surface area contributed by atoms with E-state index in [2.05, 4.69) is 31.1 Å². The quantitative estimate of drug-likeness (QED) is 0.571. The number of nitrogens with one attached hydrogen (secondary N) is 1. The van der Waals surface area contributed by atoms with E-state index < -0.39 is 41.9 Å². The number of rotatable bonds is 10. The van der Waals surface area contributed by atoms with Crippen LogP contribution in [0.2, 0.25) is 0 Å². The van der Waals surface area contributed by atoms with Gasteiger partial charge in [0.2, 0.25) is 6.23 Å². The van der Waals surface area contributed by atoms with Crippen molar-refractivity contribution in [3.05, 3.63) is 29.7 Å². The summed E-state index contributed by atoms with van der Waals surface area (Å²) in [5.74, 6) is -4.22. The van der Waals surface area contributed by atoms with Crippen LogP contribution in [0, 0.1) is 18.8 Å². The van der Waals surface area contributed by atoms with Gasteiger partial charge in [-0.3, -0.25) is 9.36 Å². The number of aromatic nitrogens is 2. The lowest BCUT2D eigenvalue weighted by Gasteiger charge is -2.24. The summed E-state index contributed by atoms with van der Waals surface area (Å²) in [6.45, 7) is 11.5. The fraction of sp³-hybridized carbons (Fsp3) is 0.714. The van der Waals surface area contributed by atoms with E-state index in [1.807, 2.05) is 0 Å². The van der Waals surface area contributed by atoms with Crippen LogP contribution in [-0.2, 0) is 14.3 Å². The van der Waals surface area contributed by atoms with Crippen LogP contribution in [0.5, 0.6) is 0 Å². The average Bonchev–Trinajstić information content (AvgIpc) is 2.89. The van der Waals surface area contributed by atoms with Gasteiger partial charge in [0.25, 0.3) is 0 Å². The molecule has 1 saturated heterocycles. The number of hydrogen-bond acceptors (Lipinski definition) is 6. The highest BCUT2D eigenvalue weighted by atomic mass is 19.3. The zero-order valence-corrected chi connectivity index (χ0v) is 18.1. The van der Waals surface area contributed by atoms with E-state index in [1.165, 1.54) is 26.1 Å². The van der Waals surface area contributed by atoms with Crippen LogP contribution >= 0.6 is 0 Å². The molecule has 169 valence electrons. The second-order valence-corrected chi connectivity index (χ2v) is 8.04. The normalized spacial score (nSPS) is 23.2. The van der Waals surface area contributed by atoms with Gasteiger partial charge in [0.05, 0.1) is 5.92 Å². The molecule has 1 N–H and O–H groups in total. The van der Waals surface area contributed by atoms with E-state index in [-0.39, 0.29) is 0 Å². The van der Waals surface area contributed by atoms with Gasteiger partial charge in [-0.05, 0) is 31.7 Å². The fourth-order valence-corrected chi connectivity index (χ4v) is 3.49. The zero-order chi connectivity index (χ0) is 22.5. The molecule has 0 aliphatic carbocycles. The van der Waals surface area contributed by atoms with Crippen LogP contribution in [0.25, 0.3) is 0 Å². The predicted octanol–water partition coefficient (Wildman–Crippen LogP) is 3.81. The van der Waals surface area contributed by atoms with Gasteiger partial charge in [0.15, 0.2) is 6.10 Å². The monoisotopic (exact) mass is 428 g/mol. The minimum Gasteiger partial charge on any atom is -0.453 e. The van der Waals surface area contributed by atoms with Gasteiger partial charge >= 0.3 is 17.6 Å². The highest BCUT2D eigenvalue weighted by Gasteiger charge is 2.61. The number of nitrogens with zero attached hydrogens (tertiary/aromatic N) is 2. The van der Waals surface area contributed by atoms with Gasteiger partial charge in [-0.2, -0.15) is 13.8 Å². The second kappa shape index (κ2) is 10.3. The first-order valence-electron chi connectivity index (χ1n) is 10.5. The van der Waals surface area contributed by atoms with Gasteiger partial charge in [-0.15, -0.1) is 0 Å². The highest BCUT2D eigenvalue weighted by molar-refractivity contribution is 5.71. The number of anilines is 1. The molecule has 1 aliphatic heterocycles. The molecule has 1 aromatic heterocycles. The minimum atomic E-state index is -3.63. The number of carbonyl (C=O) groups is 1. The van der Waals surface area contributed by atoms with Crippen molar-refractivity contribution >= 4 is 11.8 Å². The molecule has 1 radical (unpaired) electrons. The Morgan fingerprint density at radius 1 is 1.37 bits per heavy atom. The molecule has 9 heteroatoms. The van der Waals surface area contributed by atoms with Gasteiger partial charge in [-0.1, -0.05) is 40.5 Å². The first-order valence-corrected chi connectivity index (χ1v) is 10.5. The Morgan fingerprint density at radius 2 is 2.00 bits per heavy atom. The molecule has 0 unspecified atom stereocenters. The number of ether oxygens (including phenoxy) is 2. The molecule has 0 aromatic carbocycles. The van der Waals surface area contributed by atoms with Crippen molar-refractivity contribution in [1.29, 1.82) is 0 Å². The third-order valence-corrected chi connectivity index (χ3v) is 5.11. The van der Waals surface area contributed by atoms with Crippen molar-refractivity contribution in [2.45, 2.75) is 77.7 Å². The SMILES string of the molecule is [CH2][C@H]1O[C@@H](n2ccc(NCC(CCC)CCC)nc2=O)C(F)(F)[C@@H]1OC(=O)C(C)C. The minimum absolute atomic E-state index is 0.323. The molecular weight excluding hydrogens is 396 g/mol. The first kappa shape index (κ1) is 24.2. The van der Waals surface area contributed by atoms with Crippen molar-refractivity contribution in [3.8, 4) is 0 Å². The molecule has 0 spiro atoms. The summed E-state index contributed by atoms with van der Waals surface area (Å²) in [7, 11) is 0. The van der Waals surface area contributed by atoms with E-state index >= 15 is 0 Å². The molecule has 0 amide bonds. The second-order valence-electron chi connectivity index (χ2n) is 8.04. The molecule has 1 aromatic rings. The van der Waals surface area contributed by atoms with E-state index in [4.69, 9.17) is 9.47 Å². The van der Waals surface area contributed by atoms with Crippen molar-refractivity contribution < 1.29 is 23.0 Å². The van der Waals surface area contributed by atoms with Crippen molar-refractivity contribution in [2.24, 2.45) is 11.8 Å². The summed E-state index contributed by atoms with van der Waals surface area (Å²) in [5, 5.41) is 3.12. The van der Waals surface area contributed by atoms with E-state index in [1.54, 1.807) is 0 Å². The Morgan fingerprint density at radius 3 is 2.53 bits per heavy atom. The lowest BCUT2D eigenvalue weighted by atomic mass is 9.98. The van der Waals surface area contributed by atoms with Crippen LogP contribution in [-0.4, -0.2) is 40.2 Å². The summed E-state index contributed by atoms with van der Waals surface area (Å²) < 4.78 is 40.6. The molecule has 30 heavy (non-hydrogen) atoms. The average molecular weight is 429 g/mol. The highest BCUT2D eigenvalue weighted by Crippen LogP contribution is 2.43. The van der Waals surface area contributed by atoms with Crippen LogP contribution in [0.15, 0.2) is 17.1 Å². The van der Waals surface area contributed by atoms with Crippen molar-refractivity contribution in [2.75, 3.05) is 11.9 Å². The van der Waals surface area contributed by atoms with Gasteiger partial charge in [-0.25, -0.2) is 4.79 Å². The maximum Gasteiger partial charge on any atom is 0.351 e. The third-order valence-electron chi connectivity index (χ3n) is 5.11. The lowest BCUT2D eigenvalue weighted by molar-refractivity contribution is -0.178. The lowest BCUT2D eigenvalue weighted by Crippen LogP contribution is -2.44. The van der Waals surface area contributed by atoms with Crippen LogP contribution in [0.1, 0.15) is 59.6 Å². The summed E-state index contributed by atoms with van der Waals surface area (Å²) in [5.41, 5.74) is -0.879. The fourth-order valence-electron chi connectivity index (χ4n) is 3.49. The Labute approximate surface area is 176 Å². The van der Waals surface area contributed by atoms with E-state index in [0.717, 1.165) is 25.7 Å². The smallest absolute Gasteiger partial charge is 0.351 e. The molecular formula is C21H32F2N3O4. The Hall–Kier alpha value is -2.03. The van der Waals surface area contributed by atoms with Gasteiger partial charge < -0.3 is 14.8 Å². The molecule has 7 nitrogen and oxygen atoms in total. The van der Waals surface area contributed by atoms with Crippen molar-refractivity contribution in [1.82, 2.24) is 9.55 Å². The Balaban J connectivity index is 2.14. The summed E-state index contributed by atoms with van der Waals surface area (Å²) in [6, 6.07) is 1.46. The van der Waals surface area contributed by atoms with Crippen molar-refractivity contribution in [3.63, 3.8) is 0 Å². The first-order chi connectivity index (χ1) is 14.1. The number of esters is 1. The molecule has 0 bridgehead atoms. The molecule has 2 heterocycles. The van der Waals surface area contributed by atoms with E-state index in [9.17, 15) is 18.4 Å². The molecule has 0 saturated carbocycles. The maximum absolute atomic E-state index is 14.9. The molecule has 1 fully saturated rings. The summed E-state index contributed by atoms with van der Waals surface area (Å²) in [6.07, 6.45) is 0.292. The van der Waals surface area contributed by atoms with E-state index in [0.29, 0.717) is 22.8 Å². The largest absolute Gasteiger partial charge is 0.453 e. The number of halogens is 2. The number of alkyl halides is 2. The maximum atomic E-state index is 14.9. The van der Waals surface area contributed by atoms with Gasteiger partial charge in [0, 0.05) is 12.7 Å². The summed E-state index contributed by atoms with van der Waals surface area (Å²) in [4.78, 5) is 28.1. The molecule has 1 aliphatic rings. The predicted molar refractivity (Wildman–Crippen MR) is 109 cm³/mol. The number of carbonyl (C=O) groups excluding carboxylic acids is 1. The van der Waals surface area contributed by atoms with Crippen LogP contribution in [0.4, 0.5) is 14.6 Å². The zero-order valence-electron chi connectivity index (χ0n) is 18.1. The van der Waals surface area contributed by atoms with Crippen LogP contribution in [0.3, 0.4) is 0 Å². The topological polar surface area (TPSA) is 82.4 Å².